The molecule has 19 heavy (non-hydrogen) atoms. The van der Waals surface area contributed by atoms with Crippen LogP contribution >= 0.6 is 15.9 Å². The summed E-state index contributed by atoms with van der Waals surface area (Å²) in [7, 11) is 0. The molecule has 0 amide bonds. The van der Waals surface area contributed by atoms with Gasteiger partial charge in [-0.25, -0.2) is 0 Å². The molecular formula is C14H6BrF3O. The van der Waals surface area contributed by atoms with Gasteiger partial charge in [-0.1, -0.05) is 34.1 Å². The van der Waals surface area contributed by atoms with Gasteiger partial charge >= 0.3 is 6.18 Å². The minimum Gasteiger partial charge on any atom is -0.289 e. The summed E-state index contributed by atoms with van der Waals surface area (Å²) in [6.45, 7) is 0. The van der Waals surface area contributed by atoms with Crippen molar-refractivity contribution >= 4 is 21.7 Å². The van der Waals surface area contributed by atoms with Gasteiger partial charge in [0.2, 0.25) is 0 Å². The van der Waals surface area contributed by atoms with E-state index in [1.807, 2.05) is 0 Å². The maximum Gasteiger partial charge on any atom is 0.416 e. The molecule has 1 aliphatic rings. The molecule has 0 aliphatic heterocycles. The highest BCUT2D eigenvalue weighted by Gasteiger charge is 2.35. The van der Waals surface area contributed by atoms with E-state index in [-0.39, 0.29) is 11.3 Å². The van der Waals surface area contributed by atoms with Crippen LogP contribution in [0.4, 0.5) is 13.2 Å². The van der Waals surface area contributed by atoms with Crippen molar-refractivity contribution in [2.45, 2.75) is 6.18 Å². The zero-order valence-electron chi connectivity index (χ0n) is 9.38. The SMILES string of the molecule is O=C1c2cc(C(F)(F)F)ccc2-c2cccc(Br)c21. The average molecular weight is 327 g/mol. The van der Waals surface area contributed by atoms with Crippen molar-refractivity contribution < 1.29 is 18.0 Å². The molecule has 2 aromatic rings. The van der Waals surface area contributed by atoms with Gasteiger partial charge in [0.05, 0.1) is 5.56 Å². The standard InChI is InChI=1S/C14H6BrF3O/c15-11-3-1-2-9-8-5-4-7(14(16,17)18)6-10(8)13(19)12(9)11/h1-6H. The lowest BCUT2D eigenvalue weighted by molar-refractivity contribution is -0.137. The first-order valence-corrected chi connectivity index (χ1v) is 6.24. The quantitative estimate of drug-likeness (QED) is 0.586. The smallest absolute Gasteiger partial charge is 0.289 e. The van der Waals surface area contributed by atoms with Crippen molar-refractivity contribution in [1.82, 2.24) is 0 Å². The van der Waals surface area contributed by atoms with Crippen LogP contribution in [0.5, 0.6) is 0 Å². The Hall–Kier alpha value is -1.62. The molecule has 0 heterocycles. The van der Waals surface area contributed by atoms with E-state index in [0.717, 1.165) is 12.1 Å². The summed E-state index contributed by atoms with van der Waals surface area (Å²) in [5.41, 5.74) is 0.953. The number of rotatable bonds is 0. The third kappa shape index (κ3) is 1.80. The Labute approximate surface area is 115 Å². The predicted octanol–water partition coefficient (Wildman–Crippen LogP) is 4.68. The minimum atomic E-state index is -4.44. The molecule has 2 aromatic carbocycles. The molecule has 1 aliphatic carbocycles. The molecular weight excluding hydrogens is 321 g/mol. The Morgan fingerprint density at radius 3 is 2.37 bits per heavy atom. The van der Waals surface area contributed by atoms with E-state index in [4.69, 9.17) is 0 Å². The lowest BCUT2D eigenvalue weighted by atomic mass is 10.0. The average Bonchev–Trinajstić information content (AvgIpc) is 2.63. The van der Waals surface area contributed by atoms with Gasteiger partial charge in [0.25, 0.3) is 0 Å². The van der Waals surface area contributed by atoms with E-state index in [1.54, 1.807) is 18.2 Å². The Bertz CT molecular complexity index is 704. The first-order chi connectivity index (χ1) is 8.89. The number of halogens is 4. The van der Waals surface area contributed by atoms with Crippen LogP contribution in [0.25, 0.3) is 11.1 Å². The molecule has 96 valence electrons. The zero-order chi connectivity index (χ0) is 13.8. The van der Waals surface area contributed by atoms with E-state index in [1.165, 1.54) is 6.07 Å². The predicted molar refractivity (Wildman–Crippen MR) is 68.0 cm³/mol. The van der Waals surface area contributed by atoms with Crippen LogP contribution in [-0.4, -0.2) is 5.78 Å². The third-order valence-corrected chi connectivity index (χ3v) is 3.78. The Kier molecular flexibility index (Phi) is 2.57. The maximum atomic E-state index is 12.7. The van der Waals surface area contributed by atoms with E-state index in [2.05, 4.69) is 15.9 Å². The summed E-state index contributed by atoms with van der Waals surface area (Å²) in [6, 6.07) is 8.47. The molecule has 0 unspecified atom stereocenters. The molecule has 1 nitrogen and oxygen atoms in total. The number of fused-ring (bicyclic) bond motifs is 3. The van der Waals surface area contributed by atoms with E-state index in [0.29, 0.717) is 21.2 Å². The molecule has 0 saturated carbocycles. The van der Waals surface area contributed by atoms with Gasteiger partial charge in [-0.05, 0) is 29.3 Å². The van der Waals surface area contributed by atoms with Crippen molar-refractivity contribution in [2.75, 3.05) is 0 Å². The van der Waals surface area contributed by atoms with Crippen LogP contribution in [-0.2, 0) is 6.18 Å². The molecule has 0 spiro atoms. The van der Waals surface area contributed by atoms with Crippen LogP contribution in [0, 0.1) is 0 Å². The van der Waals surface area contributed by atoms with Crippen molar-refractivity contribution in [3.05, 3.63) is 57.6 Å². The molecule has 0 bridgehead atoms. The van der Waals surface area contributed by atoms with Crippen molar-refractivity contribution in [2.24, 2.45) is 0 Å². The largest absolute Gasteiger partial charge is 0.416 e. The van der Waals surface area contributed by atoms with Gasteiger partial charge in [0, 0.05) is 15.6 Å². The number of hydrogen-bond donors (Lipinski definition) is 0. The number of carbonyl (C=O) groups excluding carboxylic acids is 1. The third-order valence-electron chi connectivity index (χ3n) is 3.12. The summed E-state index contributed by atoms with van der Waals surface area (Å²) >= 11 is 3.26. The fourth-order valence-corrected chi connectivity index (χ4v) is 2.80. The van der Waals surface area contributed by atoms with E-state index >= 15 is 0 Å². The van der Waals surface area contributed by atoms with Crippen molar-refractivity contribution in [3.63, 3.8) is 0 Å². The number of alkyl halides is 3. The van der Waals surface area contributed by atoms with Crippen LogP contribution in [0.15, 0.2) is 40.9 Å². The molecule has 0 radical (unpaired) electrons. The highest BCUT2D eigenvalue weighted by Crippen LogP contribution is 2.42. The Morgan fingerprint density at radius 2 is 1.68 bits per heavy atom. The van der Waals surface area contributed by atoms with Crippen molar-refractivity contribution in [1.29, 1.82) is 0 Å². The van der Waals surface area contributed by atoms with Gasteiger partial charge in [0.1, 0.15) is 0 Å². The zero-order valence-corrected chi connectivity index (χ0v) is 11.0. The summed E-state index contributed by atoms with van der Waals surface area (Å²) < 4.78 is 38.6. The molecule has 5 heteroatoms. The molecule has 0 N–H and O–H groups in total. The maximum absolute atomic E-state index is 12.7. The van der Waals surface area contributed by atoms with E-state index in [9.17, 15) is 18.0 Å². The monoisotopic (exact) mass is 326 g/mol. The first kappa shape index (κ1) is 12.4. The van der Waals surface area contributed by atoms with E-state index < -0.39 is 11.7 Å². The summed E-state index contributed by atoms with van der Waals surface area (Å²) in [6.07, 6.45) is -4.44. The van der Waals surface area contributed by atoms with Gasteiger partial charge in [-0.3, -0.25) is 4.79 Å². The van der Waals surface area contributed by atoms with Crippen molar-refractivity contribution in [3.8, 4) is 11.1 Å². The summed E-state index contributed by atoms with van der Waals surface area (Å²) in [5.74, 6) is -0.372. The number of hydrogen-bond acceptors (Lipinski definition) is 1. The summed E-state index contributed by atoms with van der Waals surface area (Å²) in [4.78, 5) is 12.2. The van der Waals surface area contributed by atoms with Crippen LogP contribution in [0.3, 0.4) is 0 Å². The molecule has 0 fully saturated rings. The highest BCUT2D eigenvalue weighted by atomic mass is 79.9. The first-order valence-electron chi connectivity index (χ1n) is 5.44. The fraction of sp³-hybridized carbons (Fsp3) is 0.0714. The lowest BCUT2D eigenvalue weighted by Gasteiger charge is -2.08. The molecule has 0 saturated heterocycles. The highest BCUT2D eigenvalue weighted by molar-refractivity contribution is 9.10. The topological polar surface area (TPSA) is 17.1 Å². The Balaban J connectivity index is 2.25. The van der Waals surface area contributed by atoms with Crippen LogP contribution in [0.1, 0.15) is 21.5 Å². The van der Waals surface area contributed by atoms with Crippen LogP contribution < -0.4 is 0 Å². The number of benzene rings is 2. The molecule has 3 rings (SSSR count). The normalized spacial score (nSPS) is 13.4. The number of carbonyl (C=O) groups is 1. The second-order valence-corrected chi connectivity index (χ2v) is 5.10. The summed E-state index contributed by atoms with van der Waals surface area (Å²) in [5, 5.41) is 0. The van der Waals surface area contributed by atoms with Crippen LogP contribution in [0.2, 0.25) is 0 Å². The van der Waals surface area contributed by atoms with Gasteiger partial charge < -0.3 is 0 Å². The lowest BCUT2D eigenvalue weighted by Crippen LogP contribution is -2.06. The molecule has 0 atom stereocenters. The van der Waals surface area contributed by atoms with Gasteiger partial charge in [-0.2, -0.15) is 13.2 Å². The second kappa shape index (κ2) is 3.93. The minimum absolute atomic E-state index is 0.108. The van der Waals surface area contributed by atoms with Gasteiger partial charge in [0.15, 0.2) is 5.78 Å². The Morgan fingerprint density at radius 1 is 0.947 bits per heavy atom. The molecule has 0 aromatic heterocycles. The second-order valence-electron chi connectivity index (χ2n) is 4.25. The fourth-order valence-electron chi connectivity index (χ4n) is 2.26. The van der Waals surface area contributed by atoms with Gasteiger partial charge in [-0.15, -0.1) is 0 Å². The number of ketones is 1.